The van der Waals surface area contributed by atoms with Crippen LogP contribution in [0.25, 0.3) is 0 Å². The molecule has 0 fully saturated rings. The third-order valence-corrected chi connectivity index (χ3v) is 5.86. The summed E-state index contributed by atoms with van der Waals surface area (Å²) < 4.78 is 31.3. The molecule has 0 spiro atoms. The number of ether oxygens (including phenoxy) is 1. The van der Waals surface area contributed by atoms with Crippen LogP contribution in [-0.4, -0.2) is 26.6 Å². The quantitative estimate of drug-likeness (QED) is 0.286. The molecule has 0 aromatic rings. The van der Waals surface area contributed by atoms with Gasteiger partial charge in [0.1, 0.15) is 0 Å². The van der Waals surface area contributed by atoms with Gasteiger partial charge in [-0.3, -0.25) is 8.74 Å². The molecular formula is C23H48O4S. The topological polar surface area (TPSA) is 55.8 Å². The van der Waals surface area contributed by atoms with Crippen LogP contribution in [0.1, 0.15) is 114 Å². The molecule has 0 aliphatic heterocycles. The maximum absolute atomic E-state index is 10.8. The predicted octanol–water partition coefficient (Wildman–Crippen LogP) is 7.15. The first-order chi connectivity index (χ1) is 12.6. The van der Waals surface area contributed by atoms with Gasteiger partial charge in [-0.25, -0.2) is 0 Å². The van der Waals surface area contributed by atoms with Crippen LogP contribution in [0, 0.1) is 16.7 Å². The van der Waals surface area contributed by atoms with Crippen molar-refractivity contribution in [3.8, 4) is 0 Å². The van der Waals surface area contributed by atoms with Gasteiger partial charge in [-0.2, -0.15) is 4.21 Å². The summed E-state index contributed by atoms with van der Waals surface area (Å²) in [4.78, 5) is 0. The zero-order valence-electron chi connectivity index (χ0n) is 20.3. The highest BCUT2D eigenvalue weighted by Crippen LogP contribution is 2.43. The first kappa shape index (κ1) is 28.0. The van der Waals surface area contributed by atoms with Crippen LogP contribution in [0.2, 0.25) is 0 Å². The Morgan fingerprint density at radius 3 is 1.86 bits per heavy atom. The minimum atomic E-state index is -2.22. The Kier molecular flexibility index (Phi) is 11.4. The molecule has 0 aromatic carbocycles. The molecule has 2 atom stereocenters. The smallest absolute Gasteiger partial charge is 0.301 e. The maximum atomic E-state index is 10.8. The summed E-state index contributed by atoms with van der Waals surface area (Å²) >= 11 is -2.22. The summed E-state index contributed by atoms with van der Waals surface area (Å²) in [5.74, 6) is 0.716. The minimum absolute atomic E-state index is 0.219. The van der Waals surface area contributed by atoms with Crippen molar-refractivity contribution in [2.75, 3.05) is 6.61 Å². The Morgan fingerprint density at radius 1 is 0.857 bits per heavy atom. The zero-order chi connectivity index (χ0) is 22.2. The summed E-state index contributed by atoms with van der Waals surface area (Å²) in [6.45, 7) is 22.3. The van der Waals surface area contributed by atoms with Crippen molar-refractivity contribution in [3.63, 3.8) is 0 Å². The third-order valence-electron chi connectivity index (χ3n) is 5.54. The van der Waals surface area contributed by atoms with E-state index in [0.717, 1.165) is 12.8 Å². The number of rotatable bonds is 15. The van der Waals surface area contributed by atoms with Crippen LogP contribution in [0.4, 0.5) is 0 Å². The number of hydrogen-bond acceptors (Lipinski definition) is 3. The highest BCUT2D eigenvalue weighted by atomic mass is 32.2. The van der Waals surface area contributed by atoms with Crippen LogP contribution in [0.3, 0.4) is 0 Å². The molecule has 0 saturated carbocycles. The van der Waals surface area contributed by atoms with Gasteiger partial charge in [0, 0.05) is 0 Å². The highest BCUT2D eigenvalue weighted by molar-refractivity contribution is 7.74. The molecule has 0 amide bonds. The monoisotopic (exact) mass is 420 g/mol. The van der Waals surface area contributed by atoms with E-state index in [1.54, 1.807) is 0 Å². The van der Waals surface area contributed by atoms with E-state index in [1.807, 2.05) is 13.8 Å². The molecule has 4 nitrogen and oxygen atoms in total. The SMILES string of the molecule is CCCCC(CCC)C(C)(C)CC(C)(C)OC(C)(C)CC(C)(C)COS(=O)O. The first-order valence-electron chi connectivity index (χ1n) is 11.0. The Bertz CT molecular complexity index is 469. The highest BCUT2D eigenvalue weighted by Gasteiger charge is 2.40. The molecule has 0 saturated heterocycles. The molecule has 170 valence electrons. The Balaban J connectivity index is 5.08. The molecule has 2 unspecified atom stereocenters. The normalized spacial score (nSPS) is 16.2. The molecular weight excluding hydrogens is 372 g/mol. The second-order valence-electron chi connectivity index (χ2n) is 11.2. The fourth-order valence-corrected chi connectivity index (χ4v) is 5.62. The summed E-state index contributed by atoms with van der Waals surface area (Å²) in [6.07, 6.45) is 8.09. The molecule has 0 bridgehead atoms. The van der Waals surface area contributed by atoms with Crippen LogP contribution in [-0.2, 0) is 20.3 Å². The van der Waals surface area contributed by atoms with Gasteiger partial charge < -0.3 is 4.74 Å². The first-order valence-corrected chi connectivity index (χ1v) is 12.0. The van der Waals surface area contributed by atoms with E-state index >= 15 is 0 Å². The number of hydrogen-bond donors (Lipinski definition) is 1. The molecule has 5 heteroatoms. The third kappa shape index (κ3) is 11.9. The van der Waals surface area contributed by atoms with Crippen molar-refractivity contribution in [2.24, 2.45) is 16.7 Å². The zero-order valence-corrected chi connectivity index (χ0v) is 21.1. The fourth-order valence-electron chi connectivity index (χ4n) is 5.20. The van der Waals surface area contributed by atoms with E-state index in [-0.39, 0.29) is 28.6 Å². The Morgan fingerprint density at radius 2 is 1.39 bits per heavy atom. The van der Waals surface area contributed by atoms with Gasteiger partial charge in [-0.1, -0.05) is 67.2 Å². The van der Waals surface area contributed by atoms with Crippen LogP contribution in [0.15, 0.2) is 0 Å². The molecule has 0 aliphatic carbocycles. The largest absolute Gasteiger partial charge is 0.370 e. The van der Waals surface area contributed by atoms with Crippen LogP contribution < -0.4 is 0 Å². The maximum Gasteiger partial charge on any atom is 0.301 e. The van der Waals surface area contributed by atoms with Gasteiger partial charge in [0.25, 0.3) is 0 Å². The van der Waals surface area contributed by atoms with Gasteiger partial charge in [-0.15, -0.1) is 0 Å². The van der Waals surface area contributed by atoms with E-state index in [0.29, 0.717) is 5.92 Å². The van der Waals surface area contributed by atoms with E-state index in [4.69, 9.17) is 13.5 Å². The van der Waals surface area contributed by atoms with Crippen molar-refractivity contribution >= 4 is 11.4 Å². The van der Waals surface area contributed by atoms with Crippen molar-refractivity contribution in [1.29, 1.82) is 0 Å². The van der Waals surface area contributed by atoms with Crippen molar-refractivity contribution in [3.05, 3.63) is 0 Å². The van der Waals surface area contributed by atoms with E-state index in [9.17, 15) is 4.21 Å². The second-order valence-corrected chi connectivity index (χ2v) is 11.9. The Labute approximate surface area is 178 Å². The van der Waals surface area contributed by atoms with E-state index in [2.05, 4.69) is 55.4 Å². The lowest BCUT2D eigenvalue weighted by atomic mass is 9.68. The van der Waals surface area contributed by atoms with Gasteiger partial charge in [0.2, 0.25) is 0 Å². The van der Waals surface area contributed by atoms with Gasteiger partial charge in [0.15, 0.2) is 0 Å². The molecule has 0 aliphatic rings. The lowest BCUT2D eigenvalue weighted by Gasteiger charge is -2.45. The predicted molar refractivity (Wildman–Crippen MR) is 121 cm³/mol. The van der Waals surface area contributed by atoms with Crippen molar-refractivity contribution < 1.29 is 17.7 Å². The standard InChI is InChI=1S/C23H48O4S/c1-11-13-15-19(14-12-2)21(5,6)17-23(9,10)27-22(7,8)16-20(3,4)18-26-28(24)25/h19H,11-18H2,1-10H3,(H,24,25). The molecule has 0 radical (unpaired) electrons. The van der Waals surface area contributed by atoms with Gasteiger partial charge in [0.05, 0.1) is 17.8 Å². The van der Waals surface area contributed by atoms with E-state index < -0.39 is 11.4 Å². The summed E-state index contributed by atoms with van der Waals surface area (Å²) in [7, 11) is 0. The molecule has 0 heterocycles. The minimum Gasteiger partial charge on any atom is -0.370 e. The Hall–Kier alpha value is 0.0300. The second kappa shape index (κ2) is 11.4. The average molecular weight is 421 g/mol. The van der Waals surface area contributed by atoms with E-state index in [1.165, 1.54) is 32.1 Å². The summed E-state index contributed by atoms with van der Waals surface area (Å²) in [5.41, 5.74) is -0.633. The fraction of sp³-hybridized carbons (Fsp3) is 1.00. The molecule has 1 N–H and O–H groups in total. The lowest BCUT2D eigenvalue weighted by Crippen LogP contribution is -2.44. The average Bonchev–Trinajstić information content (AvgIpc) is 2.45. The molecule has 28 heavy (non-hydrogen) atoms. The summed E-state index contributed by atoms with van der Waals surface area (Å²) in [6, 6.07) is 0. The van der Waals surface area contributed by atoms with Crippen LogP contribution in [0.5, 0.6) is 0 Å². The van der Waals surface area contributed by atoms with Crippen molar-refractivity contribution in [1.82, 2.24) is 0 Å². The van der Waals surface area contributed by atoms with Crippen LogP contribution >= 0.6 is 0 Å². The molecule has 0 aromatic heterocycles. The van der Waals surface area contributed by atoms with Gasteiger partial charge >= 0.3 is 11.4 Å². The summed E-state index contributed by atoms with van der Waals surface area (Å²) in [5, 5.41) is 0. The van der Waals surface area contributed by atoms with Crippen molar-refractivity contribution in [2.45, 2.75) is 125 Å². The lowest BCUT2D eigenvalue weighted by molar-refractivity contribution is -0.157. The molecule has 0 rings (SSSR count). The van der Waals surface area contributed by atoms with Gasteiger partial charge in [-0.05, 0) is 63.7 Å². The number of unbranched alkanes of at least 4 members (excludes halogenated alkanes) is 1.